The molecule has 0 aliphatic carbocycles. The maximum atomic E-state index is 12.8. The zero-order valence-electron chi connectivity index (χ0n) is 16.7. The third kappa shape index (κ3) is 4.69. The van der Waals surface area contributed by atoms with Gasteiger partial charge in [-0.25, -0.2) is 0 Å². The van der Waals surface area contributed by atoms with Crippen LogP contribution in [0.5, 0.6) is 5.75 Å². The van der Waals surface area contributed by atoms with Crippen molar-refractivity contribution < 1.29 is 24.2 Å². The standard InChI is InChI=1S/C21H29NO5/c1-6-26-16-9-7-8-15(12-16)18-17(19(23)13(2)3)20(24)21(25)22(18)10-11-27-14(4)5/h7-9,12-14,18,24H,6,10-11H2,1-5H3. The van der Waals surface area contributed by atoms with Gasteiger partial charge in [0.05, 0.1) is 30.9 Å². The Hall–Kier alpha value is -2.34. The normalized spacial score (nSPS) is 17.4. The minimum absolute atomic E-state index is 0.0285. The fourth-order valence-corrected chi connectivity index (χ4v) is 3.12. The van der Waals surface area contributed by atoms with Crippen LogP contribution in [-0.4, -0.2) is 47.6 Å². The molecule has 0 saturated heterocycles. The third-order valence-corrected chi connectivity index (χ3v) is 4.36. The minimum Gasteiger partial charge on any atom is -0.503 e. The first-order valence-corrected chi connectivity index (χ1v) is 9.40. The van der Waals surface area contributed by atoms with Gasteiger partial charge in [-0.3, -0.25) is 9.59 Å². The number of amides is 1. The summed E-state index contributed by atoms with van der Waals surface area (Å²) in [6, 6.07) is 6.64. The summed E-state index contributed by atoms with van der Waals surface area (Å²) in [5.41, 5.74) is 0.875. The van der Waals surface area contributed by atoms with Crippen LogP contribution >= 0.6 is 0 Å². The Morgan fingerprint density at radius 3 is 2.56 bits per heavy atom. The molecule has 148 valence electrons. The van der Waals surface area contributed by atoms with Crippen LogP contribution in [0.4, 0.5) is 0 Å². The molecular weight excluding hydrogens is 346 g/mol. The molecular formula is C21H29NO5. The average Bonchev–Trinajstić information content (AvgIpc) is 2.86. The van der Waals surface area contributed by atoms with E-state index in [4.69, 9.17) is 9.47 Å². The van der Waals surface area contributed by atoms with Crippen molar-refractivity contribution in [2.75, 3.05) is 19.8 Å². The van der Waals surface area contributed by atoms with Crippen molar-refractivity contribution >= 4 is 11.7 Å². The molecule has 6 heteroatoms. The molecule has 1 unspecified atom stereocenters. The third-order valence-electron chi connectivity index (χ3n) is 4.36. The highest BCUT2D eigenvalue weighted by molar-refractivity contribution is 6.09. The second-order valence-electron chi connectivity index (χ2n) is 7.11. The summed E-state index contributed by atoms with van der Waals surface area (Å²) in [6.45, 7) is 10.3. The van der Waals surface area contributed by atoms with E-state index in [9.17, 15) is 14.7 Å². The summed E-state index contributed by atoms with van der Waals surface area (Å²) in [6.07, 6.45) is 0.0285. The van der Waals surface area contributed by atoms with Gasteiger partial charge in [-0.1, -0.05) is 26.0 Å². The minimum atomic E-state index is -0.649. The van der Waals surface area contributed by atoms with Crippen LogP contribution in [0, 0.1) is 5.92 Å². The van der Waals surface area contributed by atoms with E-state index in [1.807, 2.05) is 45.0 Å². The molecule has 1 aromatic carbocycles. The van der Waals surface area contributed by atoms with Gasteiger partial charge >= 0.3 is 0 Å². The van der Waals surface area contributed by atoms with Gasteiger partial charge in [-0.05, 0) is 38.5 Å². The number of benzene rings is 1. The number of carbonyl (C=O) groups excluding carboxylic acids is 2. The molecule has 1 atom stereocenters. The summed E-state index contributed by atoms with van der Waals surface area (Å²) in [7, 11) is 0. The van der Waals surface area contributed by atoms with Crippen molar-refractivity contribution in [3.63, 3.8) is 0 Å². The van der Waals surface area contributed by atoms with E-state index in [2.05, 4.69) is 0 Å². The molecule has 27 heavy (non-hydrogen) atoms. The number of ketones is 1. The van der Waals surface area contributed by atoms with Gasteiger partial charge in [0.1, 0.15) is 5.75 Å². The lowest BCUT2D eigenvalue weighted by Gasteiger charge is -2.27. The molecule has 2 rings (SSSR count). The first kappa shape index (κ1) is 21.0. The second-order valence-corrected chi connectivity index (χ2v) is 7.11. The number of ether oxygens (including phenoxy) is 2. The van der Waals surface area contributed by atoms with E-state index >= 15 is 0 Å². The molecule has 0 bridgehead atoms. The van der Waals surface area contributed by atoms with Crippen molar-refractivity contribution in [2.45, 2.75) is 46.8 Å². The predicted molar refractivity (Wildman–Crippen MR) is 103 cm³/mol. The SMILES string of the molecule is CCOc1cccc(C2C(C(=O)C(C)C)=C(O)C(=O)N2CCOC(C)C)c1. The zero-order valence-corrected chi connectivity index (χ0v) is 16.7. The lowest BCUT2D eigenvalue weighted by molar-refractivity contribution is -0.130. The topological polar surface area (TPSA) is 76.1 Å². The first-order chi connectivity index (χ1) is 12.8. The summed E-state index contributed by atoms with van der Waals surface area (Å²) in [5.74, 6) is -0.925. The summed E-state index contributed by atoms with van der Waals surface area (Å²) < 4.78 is 11.1. The highest BCUT2D eigenvalue weighted by atomic mass is 16.5. The van der Waals surface area contributed by atoms with Crippen LogP contribution < -0.4 is 4.74 Å². The van der Waals surface area contributed by atoms with Crippen molar-refractivity contribution in [1.82, 2.24) is 4.90 Å². The number of carbonyl (C=O) groups is 2. The summed E-state index contributed by atoms with van der Waals surface area (Å²) >= 11 is 0. The average molecular weight is 375 g/mol. The summed E-state index contributed by atoms with van der Waals surface area (Å²) in [5, 5.41) is 10.5. The lowest BCUT2D eigenvalue weighted by Crippen LogP contribution is -2.34. The van der Waals surface area contributed by atoms with Crippen LogP contribution in [-0.2, 0) is 14.3 Å². The number of aliphatic hydroxyl groups excluding tert-OH is 1. The second kappa shape index (κ2) is 9.04. The van der Waals surface area contributed by atoms with Gasteiger partial charge in [0.15, 0.2) is 11.5 Å². The Morgan fingerprint density at radius 1 is 1.26 bits per heavy atom. The molecule has 6 nitrogen and oxygen atoms in total. The van der Waals surface area contributed by atoms with E-state index in [1.54, 1.807) is 13.8 Å². The van der Waals surface area contributed by atoms with Crippen LogP contribution in [0.15, 0.2) is 35.6 Å². The van der Waals surface area contributed by atoms with E-state index in [0.717, 1.165) is 5.56 Å². The smallest absolute Gasteiger partial charge is 0.290 e. The van der Waals surface area contributed by atoms with Gasteiger partial charge in [0, 0.05) is 12.5 Å². The molecule has 0 radical (unpaired) electrons. The Morgan fingerprint density at radius 2 is 1.96 bits per heavy atom. The van der Waals surface area contributed by atoms with Crippen LogP contribution in [0.25, 0.3) is 0 Å². The molecule has 1 amide bonds. The van der Waals surface area contributed by atoms with Gasteiger partial charge in [-0.15, -0.1) is 0 Å². The predicted octanol–water partition coefficient (Wildman–Crippen LogP) is 3.43. The molecule has 1 heterocycles. The Kier molecular flexibility index (Phi) is 7.02. The quantitative estimate of drug-likeness (QED) is 0.716. The monoisotopic (exact) mass is 375 g/mol. The molecule has 1 N–H and O–H groups in total. The molecule has 1 aliphatic heterocycles. The number of Topliss-reactive ketones (excluding diaryl/α,β-unsaturated/α-hetero) is 1. The number of nitrogens with zero attached hydrogens (tertiary/aromatic N) is 1. The van der Waals surface area contributed by atoms with Crippen LogP contribution in [0.3, 0.4) is 0 Å². The fourth-order valence-electron chi connectivity index (χ4n) is 3.12. The summed E-state index contributed by atoms with van der Waals surface area (Å²) in [4.78, 5) is 27.0. The zero-order chi connectivity index (χ0) is 20.1. The highest BCUT2D eigenvalue weighted by Crippen LogP contribution is 2.39. The van der Waals surface area contributed by atoms with Gasteiger partial charge in [0.2, 0.25) is 0 Å². The Bertz CT molecular complexity index is 723. The van der Waals surface area contributed by atoms with Crippen LogP contribution in [0.1, 0.15) is 46.2 Å². The van der Waals surface area contributed by atoms with Gasteiger partial charge in [-0.2, -0.15) is 0 Å². The maximum absolute atomic E-state index is 12.8. The van der Waals surface area contributed by atoms with E-state index in [-0.39, 0.29) is 29.9 Å². The molecule has 0 aromatic heterocycles. The molecule has 0 saturated carbocycles. The number of hydrogen-bond donors (Lipinski definition) is 1. The van der Waals surface area contributed by atoms with Gasteiger partial charge in [0.25, 0.3) is 5.91 Å². The number of rotatable bonds is 9. The van der Waals surface area contributed by atoms with Crippen molar-refractivity contribution in [3.05, 3.63) is 41.2 Å². The fraction of sp³-hybridized carbons (Fsp3) is 0.524. The highest BCUT2D eigenvalue weighted by Gasteiger charge is 2.43. The molecule has 0 fully saturated rings. The number of hydrogen-bond acceptors (Lipinski definition) is 5. The van der Waals surface area contributed by atoms with Crippen molar-refractivity contribution in [2.24, 2.45) is 5.92 Å². The molecule has 1 aliphatic rings. The van der Waals surface area contributed by atoms with Crippen molar-refractivity contribution in [1.29, 1.82) is 0 Å². The van der Waals surface area contributed by atoms with E-state index in [1.165, 1.54) is 4.90 Å². The van der Waals surface area contributed by atoms with E-state index < -0.39 is 17.7 Å². The lowest BCUT2D eigenvalue weighted by atomic mass is 9.91. The molecule has 1 aromatic rings. The van der Waals surface area contributed by atoms with Gasteiger partial charge < -0.3 is 19.5 Å². The largest absolute Gasteiger partial charge is 0.503 e. The first-order valence-electron chi connectivity index (χ1n) is 9.40. The number of aliphatic hydroxyl groups is 1. The molecule has 0 spiro atoms. The Balaban J connectivity index is 2.44. The van der Waals surface area contributed by atoms with Crippen LogP contribution in [0.2, 0.25) is 0 Å². The van der Waals surface area contributed by atoms with Crippen molar-refractivity contribution in [3.8, 4) is 5.75 Å². The van der Waals surface area contributed by atoms with E-state index in [0.29, 0.717) is 19.0 Å². The maximum Gasteiger partial charge on any atom is 0.290 e. The Labute approximate surface area is 160 Å².